The van der Waals surface area contributed by atoms with Gasteiger partial charge in [-0.3, -0.25) is 0 Å². The number of carbonyl (C=O) groups is 2. The Kier molecular flexibility index (Phi) is 17.1. The van der Waals surface area contributed by atoms with Crippen molar-refractivity contribution in [1.82, 2.24) is 29.9 Å². The topological polar surface area (TPSA) is 191 Å². The summed E-state index contributed by atoms with van der Waals surface area (Å²) in [6.45, 7) is 4.26. The van der Waals surface area contributed by atoms with Crippen LogP contribution < -0.4 is 80.0 Å². The maximum Gasteiger partial charge on any atom is 1.00 e. The monoisotopic (exact) mass is 546 g/mol. The van der Waals surface area contributed by atoms with Crippen molar-refractivity contribution in [1.29, 1.82) is 0 Å². The molecule has 2 aromatic rings. The van der Waals surface area contributed by atoms with E-state index in [9.17, 15) is 19.8 Å². The van der Waals surface area contributed by atoms with Crippen LogP contribution in [0.5, 0.6) is 0 Å². The number of nitrogens with zero attached hydrogens (tertiary/aromatic N) is 6. The summed E-state index contributed by atoms with van der Waals surface area (Å²) < 4.78 is 5.68. The molecule has 2 aromatic heterocycles. The van der Waals surface area contributed by atoms with Gasteiger partial charge in [0.15, 0.2) is 0 Å². The minimum absolute atomic E-state index is 0. The first kappa shape index (κ1) is 34.1. The molecule has 2 N–H and O–H groups in total. The van der Waals surface area contributed by atoms with E-state index in [2.05, 4.69) is 40.5 Å². The molecule has 0 amide bonds. The number of rotatable bonds is 14. The molecule has 2 unspecified atom stereocenters. The second-order valence-corrected chi connectivity index (χ2v) is 7.74. The average Bonchev–Trinajstić information content (AvgIpc) is 2.70. The largest absolute Gasteiger partial charge is 1.00 e. The molecule has 0 radical (unpaired) electrons. The number of anilines is 2. The van der Waals surface area contributed by atoms with E-state index < -0.39 is 11.9 Å². The Morgan fingerprint density at radius 2 is 1.14 bits per heavy atom. The van der Waals surface area contributed by atoms with Crippen LogP contribution in [0, 0.1) is 0 Å². The van der Waals surface area contributed by atoms with Crippen molar-refractivity contribution < 1.29 is 83.7 Å². The number of nitrogens with one attached hydrogen (secondary N) is 2. The van der Waals surface area contributed by atoms with Gasteiger partial charge in [0.2, 0.25) is 22.5 Å². The predicted molar refractivity (Wildman–Crippen MR) is 113 cm³/mol. The maximum absolute atomic E-state index is 10.6. The van der Waals surface area contributed by atoms with Crippen LogP contribution in [-0.2, 0) is 27.2 Å². The number of hydrogen-bond acceptors (Lipinski definition) is 13. The predicted octanol–water partition coefficient (Wildman–Crippen LogP) is -6.95. The molecule has 0 aliphatic rings. The molecule has 0 saturated carbocycles. The van der Waals surface area contributed by atoms with Gasteiger partial charge in [-0.2, -0.15) is 19.9 Å². The number of carbonyl (C=O) groups excluding carboxylic acids is 2. The van der Waals surface area contributed by atoms with Gasteiger partial charge in [-0.25, -0.2) is 9.97 Å². The number of aromatic nitrogens is 6. The van der Waals surface area contributed by atoms with Crippen LogP contribution >= 0.6 is 23.2 Å². The van der Waals surface area contributed by atoms with Crippen LogP contribution in [0.3, 0.4) is 0 Å². The number of ether oxygens (including phenoxy) is 1. The molecule has 0 aliphatic heterocycles. The van der Waals surface area contributed by atoms with Crippen molar-refractivity contribution in [2.24, 2.45) is 0 Å². The molecule has 2 atom stereocenters. The Labute approximate surface area is 256 Å². The Morgan fingerprint density at radius 3 is 1.49 bits per heavy atom. The summed E-state index contributed by atoms with van der Waals surface area (Å²) in [6, 6.07) is -0.403. The number of halogens is 2. The molecule has 0 saturated heterocycles. The summed E-state index contributed by atoms with van der Waals surface area (Å²) in [5.41, 5.74) is 0. The summed E-state index contributed by atoms with van der Waals surface area (Å²) in [5, 5.41) is 27.1. The SMILES string of the molecule is CC(COCC(C)Nc1nc(Cl)nc(CCC(=O)[O-])n1)Nc1nc(Cl)nc(CCC(=O)[O-])n1.[Na+].[Na+]. The third-order valence-electron chi connectivity index (χ3n) is 3.90. The maximum atomic E-state index is 10.6. The first-order valence-corrected chi connectivity index (χ1v) is 10.7. The smallest absolute Gasteiger partial charge is 0.550 e. The summed E-state index contributed by atoms with van der Waals surface area (Å²) in [6.07, 6.45) is -0.311. The van der Waals surface area contributed by atoms with Crippen molar-refractivity contribution >= 4 is 47.0 Å². The first-order valence-electron chi connectivity index (χ1n) is 9.92. The van der Waals surface area contributed by atoms with Crippen molar-refractivity contribution in [2.45, 2.75) is 51.6 Å². The van der Waals surface area contributed by atoms with Gasteiger partial charge in [-0.15, -0.1) is 0 Å². The average molecular weight is 547 g/mol. The third kappa shape index (κ3) is 14.4. The molecular formula is C18H22Cl2N8Na2O5. The molecule has 0 spiro atoms. The fourth-order valence-corrected chi connectivity index (χ4v) is 2.86. The third-order valence-corrected chi connectivity index (χ3v) is 4.24. The van der Waals surface area contributed by atoms with Gasteiger partial charge in [-0.1, -0.05) is 0 Å². The van der Waals surface area contributed by atoms with Crippen molar-refractivity contribution in [3.05, 3.63) is 22.2 Å². The number of carboxylic acid groups (broad SMARTS) is 2. The summed E-state index contributed by atoms with van der Waals surface area (Å²) in [7, 11) is 0. The van der Waals surface area contributed by atoms with E-state index in [1.165, 1.54) is 0 Å². The molecule has 13 nitrogen and oxygen atoms in total. The van der Waals surface area contributed by atoms with E-state index in [4.69, 9.17) is 27.9 Å². The summed E-state index contributed by atoms with van der Waals surface area (Å²) >= 11 is 11.7. The minimum Gasteiger partial charge on any atom is -0.550 e. The standard InChI is InChI=1S/C18H24Cl2N8O5.2Na/c1-9(21-17-25-11(3-5-13(29)30)23-15(19)27-17)7-33-8-10(2)22-18-26-12(4-6-14(31)32)24-16(20)28-18;;/h9-10H,3-8H2,1-2H3,(H,29,30)(H,31,32)(H,21,23,25,27)(H,22,24,26,28);;/q;2*+1/p-2. The minimum atomic E-state index is -1.21. The number of aryl methyl sites for hydroxylation is 2. The van der Waals surface area contributed by atoms with E-state index in [0.717, 1.165) is 0 Å². The van der Waals surface area contributed by atoms with Crippen LogP contribution in [-0.4, -0.2) is 67.1 Å². The van der Waals surface area contributed by atoms with Crippen LogP contribution in [0.25, 0.3) is 0 Å². The van der Waals surface area contributed by atoms with Crippen LogP contribution in [0.2, 0.25) is 10.6 Å². The number of hydrogen-bond donors (Lipinski definition) is 2. The zero-order valence-corrected chi connectivity index (χ0v) is 25.4. The van der Waals surface area contributed by atoms with E-state index in [-0.39, 0.29) is 131 Å². The van der Waals surface area contributed by atoms with Gasteiger partial charge in [0.1, 0.15) is 11.6 Å². The molecule has 2 heterocycles. The van der Waals surface area contributed by atoms with Crippen molar-refractivity contribution in [3.63, 3.8) is 0 Å². The molecule has 180 valence electrons. The summed E-state index contributed by atoms with van der Waals surface area (Å²) in [5.74, 6) is -1.54. The normalized spacial score (nSPS) is 12.0. The van der Waals surface area contributed by atoms with Crippen molar-refractivity contribution in [2.75, 3.05) is 23.8 Å². The van der Waals surface area contributed by atoms with Crippen molar-refractivity contribution in [3.8, 4) is 0 Å². The fraction of sp³-hybridized carbons (Fsp3) is 0.556. The number of carboxylic acids is 2. The quantitative estimate of drug-likeness (QED) is 0.212. The van der Waals surface area contributed by atoms with E-state index in [1.54, 1.807) is 0 Å². The molecule has 0 aromatic carbocycles. The second-order valence-electron chi connectivity index (χ2n) is 7.06. The van der Waals surface area contributed by atoms with E-state index in [0.29, 0.717) is 13.2 Å². The van der Waals surface area contributed by atoms with Gasteiger partial charge in [0, 0.05) is 36.9 Å². The Morgan fingerprint density at radius 1 is 0.771 bits per heavy atom. The second kappa shape index (κ2) is 17.5. The van der Waals surface area contributed by atoms with E-state index >= 15 is 0 Å². The van der Waals surface area contributed by atoms with Gasteiger partial charge in [-0.05, 0) is 49.9 Å². The zero-order chi connectivity index (χ0) is 24.4. The molecule has 0 aliphatic carbocycles. The molecular weight excluding hydrogens is 525 g/mol. The van der Waals surface area contributed by atoms with Crippen LogP contribution in [0.15, 0.2) is 0 Å². The van der Waals surface area contributed by atoms with E-state index in [1.807, 2.05) is 13.8 Å². The van der Waals surface area contributed by atoms with Gasteiger partial charge < -0.3 is 35.2 Å². The molecule has 2 rings (SSSR count). The Bertz CT molecular complexity index is 903. The fourth-order valence-electron chi connectivity index (χ4n) is 2.51. The number of aliphatic carboxylic acids is 2. The molecule has 0 bridgehead atoms. The molecule has 35 heavy (non-hydrogen) atoms. The molecule has 17 heteroatoms. The van der Waals surface area contributed by atoms with Crippen LogP contribution in [0.4, 0.5) is 11.9 Å². The van der Waals surface area contributed by atoms with Crippen LogP contribution in [0.1, 0.15) is 38.3 Å². The van der Waals surface area contributed by atoms with Gasteiger partial charge in [0.25, 0.3) is 0 Å². The summed E-state index contributed by atoms with van der Waals surface area (Å²) in [4.78, 5) is 45.2. The van der Waals surface area contributed by atoms with Gasteiger partial charge >= 0.3 is 59.1 Å². The first-order chi connectivity index (χ1) is 15.6. The Balaban J connectivity index is 0.00000578. The zero-order valence-electron chi connectivity index (χ0n) is 19.9. The van der Waals surface area contributed by atoms with Gasteiger partial charge in [0.05, 0.1) is 13.2 Å². The Hall–Kier alpha value is -0.900. The molecule has 0 fully saturated rings.